The second-order valence-electron chi connectivity index (χ2n) is 6.20. The molecule has 3 rings (SSSR count). The highest BCUT2D eigenvalue weighted by Gasteiger charge is 2.15. The van der Waals surface area contributed by atoms with Gasteiger partial charge in [-0.05, 0) is 40.5 Å². The average Bonchev–Trinajstić information content (AvgIpc) is 2.73. The number of nitrogens with one attached hydrogen (secondary N) is 1. The van der Waals surface area contributed by atoms with Crippen LogP contribution in [0.4, 0.5) is 0 Å². The lowest BCUT2D eigenvalue weighted by Crippen LogP contribution is -2.14. The highest BCUT2D eigenvalue weighted by Crippen LogP contribution is 2.22. The number of carbonyl (C=O) groups is 1. The topological polar surface area (TPSA) is 83.5 Å². The largest absolute Gasteiger partial charge is 0.288 e. The van der Waals surface area contributed by atoms with Crippen LogP contribution >= 0.6 is 0 Å². The van der Waals surface area contributed by atoms with E-state index in [1.54, 1.807) is 12.1 Å². The summed E-state index contributed by atoms with van der Waals surface area (Å²) in [7, 11) is -3.49. The molecule has 0 atom stereocenters. The smallest absolute Gasteiger partial charge is 0.267 e. The van der Waals surface area contributed by atoms with Crippen LogP contribution in [0.15, 0.2) is 89.8 Å². The molecule has 3 aromatic rings. The molecule has 1 amide bonds. The number of rotatable bonds is 6. The highest BCUT2D eigenvalue weighted by atomic mass is 32.2. The Labute approximate surface area is 163 Å². The fourth-order valence-electron chi connectivity index (χ4n) is 2.72. The van der Waals surface area contributed by atoms with Gasteiger partial charge in [0.1, 0.15) is 0 Å². The van der Waals surface area contributed by atoms with Gasteiger partial charge in [0, 0.05) is 6.08 Å². The van der Waals surface area contributed by atoms with Crippen molar-refractivity contribution in [2.24, 2.45) is 0 Å². The molecule has 0 aliphatic carbocycles. The van der Waals surface area contributed by atoms with E-state index in [0.29, 0.717) is 11.1 Å². The van der Waals surface area contributed by atoms with Crippen LogP contribution in [0.25, 0.3) is 17.2 Å². The van der Waals surface area contributed by atoms with Gasteiger partial charge in [-0.15, -0.1) is 0 Å². The van der Waals surface area contributed by atoms with E-state index in [-0.39, 0.29) is 10.6 Å². The number of benzene rings is 3. The van der Waals surface area contributed by atoms with Crippen molar-refractivity contribution < 1.29 is 18.4 Å². The minimum Gasteiger partial charge on any atom is -0.288 e. The number of hydrogen-bond donors (Lipinski definition) is 2. The van der Waals surface area contributed by atoms with Gasteiger partial charge in [-0.1, -0.05) is 66.7 Å². The molecular formula is C22H19NO4S. The summed E-state index contributed by atoms with van der Waals surface area (Å²) < 4.78 is 25.3. The second-order valence-corrected chi connectivity index (χ2v) is 8.19. The van der Waals surface area contributed by atoms with Gasteiger partial charge in [-0.25, -0.2) is 13.9 Å². The molecular weight excluding hydrogens is 374 g/mol. The number of hydrogen-bond acceptors (Lipinski definition) is 4. The first-order chi connectivity index (χ1) is 13.5. The molecule has 0 aliphatic rings. The summed E-state index contributed by atoms with van der Waals surface area (Å²) in [5.74, 6) is -0.750. The van der Waals surface area contributed by atoms with Crippen LogP contribution in [0.1, 0.15) is 11.1 Å². The Bertz CT molecular complexity index is 1070. The molecule has 0 aromatic heterocycles. The third kappa shape index (κ3) is 4.94. The normalized spacial score (nSPS) is 11.5. The molecule has 3 aromatic carbocycles. The van der Waals surface area contributed by atoms with Crippen molar-refractivity contribution in [3.05, 3.63) is 96.1 Å². The Hall–Kier alpha value is -3.22. The average molecular weight is 393 g/mol. The van der Waals surface area contributed by atoms with Crippen LogP contribution in [0.5, 0.6) is 0 Å². The number of hydroxylamine groups is 1. The van der Waals surface area contributed by atoms with E-state index >= 15 is 0 Å². The molecule has 0 saturated carbocycles. The molecule has 0 spiro atoms. The van der Waals surface area contributed by atoms with Crippen molar-refractivity contribution in [1.29, 1.82) is 0 Å². The molecule has 142 valence electrons. The predicted octanol–water partition coefficient (Wildman–Crippen LogP) is 3.85. The Morgan fingerprint density at radius 1 is 0.857 bits per heavy atom. The first kappa shape index (κ1) is 19.5. The zero-order chi connectivity index (χ0) is 20.0. The maximum Gasteiger partial charge on any atom is 0.267 e. The molecule has 0 unspecified atom stereocenters. The van der Waals surface area contributed by atoms with Crippen LogP contribution in [0.2, 0.25) is 0 Å². The highest BCUT2D eigenvalue weighted by molar-refractivity contribution is 7.90. The zero-order valence-corrected chi connectivity index (χ0v) is 15.8. The van der Waals surface area contributed by atoms with E-state index in [2.05, 4.69) is 0 Å². The Morgan fingerprint density at radius 3 is 2.07 bits per heavy atom. The van der Waals surface area contributed by atoms with E-state index in [4.69, 9.17) is 5.21 Å². The number of carbonyl (C=O) groups excluding carboxylic acids is 1. The van der Waals surface area contributed by atoms with Crippen molar-refractivity contribution in [1.82, 2.24) is 5.48 Å². The third-order valence-electron chi connectivity index (χ3n) is 4.19. The molecule has 0 fully saturated rings. The van der Waals surface area contributed by atoms with Crippen molar-refractivity contribution >= 4 is 21.8 Å². The maximum absolute atomic E-state index is 12.7. The zero-order valence-electron chi connectivity index (χ0n) is 14.9. The molecule has 0 radical (unpaired) electrons. The van der Waals surface area contributed by atoms with Crippen molar-refractivity contribution in [3.63, 3.8) is 0 Å². The van der Waals surface area contributed by atoms with Crippen LogP contribution in [-0.4, -0.2) is 19.5 Å². The quantitative estimate of drug-likeness (QED) is 0.379. The molecule has 6 heteroatoms. The summed E-state index contributed by atoms with van der Waals surface area (Å²) in [6, 6.07) is 23.6. The minimum absolute atomic E-state index is 0.0931. The fourth-order valence-corrected chi connectivity index (χ4v) is 4.07. The van der Waals surface area contributed by atoms with Gasteiger partial charge in [-0.2, -0.15) is 0 Å². The van der Waals surface area contributed by atoms with Gasteiger partial charge in [0.05, 0.1) is 10.6 Å². The van der Waals surface area contributed by atoms with Gasteiger partial charge in [0.25, 0.3) is 5.91 Å². The maximum atomic E-state index is 12.7. The summed E-state index contributed by atoms with van der Waals surface area (Å²) >= 11 is 0. The number of amides is 1. The van der Waals surface area contributed by atoms with E-state index in [1.165, 1.54) is 23.7 Å². The van der Waals surface area contributed by atoms with Crippen LogP contribution < -0.4 is 5.48 Å². The van der Waals surface area contributed by atoms with E-state index in [1.807, 2.05) is 54.6 Å². The predicted molar refractivity (Wildman–Crippen MR) is 108 cm³/mol. The molecule has 28 heavy (non-hydrogen) atoms. The Balaban J connectivity index is 1.73. The van der Waals surface area contributed by atoms with Crippen LogP contribution in [0.3, 0.4) is 0 Å². The van der Waals surface area contributed by atoms with E-state index < -0.39 is 15.7 Å². The molecule has 5 nitrogen and oxygen atoms in total. The summed E-state index contributed by atoms with van der Waals surface area (Å²) in [5.41, 5.74) is 4.96. The minimum atomic E-state index is -3.49. The SMILES string of the molecule is O=C(/C=C/c1ccc(S(=O)(=O)Cc2ccc(-c3ccccc3)cc2)cc1)NO. The lowest BCUT2D eigenvalue weighted by atomic mass is 10.0. The summed E-state index contributed by atoms with van der Waals surface area (Å²) in [4.78, 5) is 11.2. The van der Waals surface area contributed by atoms with Crippen molar-refractivity contribution in [3.8, 4) is 11.1 Å². The van der Waals surface area contributed by atoms with Crippen LogP contribution in [0, 0.1) is 0 Å². The molecule has 2 N–H and O–H groups in total. The standard InChI is InChI=1S/C22H19NO4S/c24-22(23-25)15-10-17-8-13-21(14-9-17)28(26,27)16-18-6-11-20(12-7-18)19-4-2-1-3-5-19/h1-15,25H,16H2,(H,23,24)/b15-10+. The van der Waals surface area contributed by atoms with E-state index in [0.717, 1.165) is 17.2 Å². The second kappa shape index (κ2) is 8.65. The Kier molecular flexibility index (Phi) is 6.03. The fraction of sp³-hybridized carbons (Fsp3) is 0.0455. The number of sulfone groups is 1. The van der Waals surface area contributed by atoms with Gasteiger partial charge < -0.3 is 0 Å². The van der Waals surface area contributed by atoms with Crippen LogP contribution in [-0.2, 0) is 20.4 Å². The third-order valence-corrected chi connectivity index (χ3v) is 5.90. The van der Waals surface area contributed by atoms with E-state index in [9.17, 15) is 13.2 Å². The molecule has 0 heterocycles. The van der Waals surface area contributed by atoms with Gasteiger partial charge >= 0.3 is 0 Å². The molecule has 0 saturated heterocycles. The van der Waals surface area contributed by atoms with Crippen molar-refractivity contribution in [2.75, 3.05) is 0 Å². The Morgan fingerprint density at radius 2 is 1.46 bits per heavy atom. The van der Waals surface area contributed by atoms with Gasteiger partial charge in [0.15, 0.2) is 9.84 Å². The summed E-state index contributed by atoms with van der Waals surface area (Å²) in [6.07, 6.45) is 2.63. The molecule has 0 bridgehead atoms. The van der Waals surface area contributed by atoms with Crippen molar-refractivity contribution in [2.45, 2.75) is 10.6 Å². The van der Waals surface area contributed by atoms with Gasteiger partial charge in [0.2, 0.25) is 0 Å². The summed E-state index contributed by atoms with van der Waals surface area (Å²) in [5, 5.41) is 8.46. The monoisotopic (exact) mass is 393 g/mol. The molecule has 0 aliphatic heterocycles. The first-order valence-corrected chi connectivity index (χ1v) is 10.2. The lowest BCUT2D eigenvalue weighted by molar-refractivity contribution is -0.124. The lowest BCUT2D eigenvalue weighted by Gasteiger charge is -2.07. The first-order valence-electron chi connectivity index (χ1n) is 8.57. The van der Waals surface area contributed by atoms with Gasteiger partial charge in [-0.3, -0.25) is 10.0 Å². The summed E-state index contributed by atoms with van der Waals surface area (Å²) in [6.45, 7) is 0.